The molecule has 4 heterocycles. The topological polar surface area (TPSA) is 168 Å². The fourth-order valence-electron chi connectivity index (χ4n) is 17.7. The Hall–Kier alpha value is -9.84. The predicted octanol–water partition coefficient (Wildman–Crippen LogP) is 26.3. The largest absolute Gasteiger partial charge is 0.326 e. The molecule has 8 aromatic carbocycles. The van der Waals surface area contributed by atoms with Gasteiger partial charge in [0.05, 0.1) is 22.1 Å². The second-order valence-electron chi connectivity index (χ2n) is 31.8. The van der Waals surface area contributed by atoms with Crippen molar-refractivity contribution in [3.05, 3.63) is 285 Å². The number of pyridine rings is 4. The number of aromatic nitrogens is 4. The van der Waals surface area contributed by atoms with Crippen LogP contribution in [0.1, 0.15) is 176 Å². The molecule has 0 unspecified atom stereocenters. The molecule has 0 bridgehead atoms. The monoisotopic (exact) mass is 1640 g/mol. The number of hydrogen-bond donors (Lipinski definition) is 4. The summed E-state index contributed by atoms with van der Waals surface area (Å²) in [7, 11) is 0. The Bertz CT molecular complexity index is 4720. The Morgan fingerprint density at radius 1 is 0.276 bits per heavy atom. The highest BCUT2D eigenvalue weighted by molar-refractivity contribution is 6.31. The van der Waals surface area contributed by atoms with Gasteiger partial charge < -0.3 is 21.3 Å². The number of halogens is 8. The van der Waals surface area contributed by atoms with Gasteiger partial charge in [0.2, 0.25) is 23.6 Å². The van der Waals surface area contributed by atoms with Gasteiger partial charge in [-0.2, -0.15) is 0 Å². The van der Waals surface area contributed by atoms with Crippen LogP contribution in [0.5, 0.6) is 0 Å². The SMILES string of the molecule is C[C@@H](C(=O)Nc1ccc(Cl)cc1)C1CCC(c2ccnc3ccc([18F])cc23)CC1.C[C@@H](C(=O)Nc1ccc(Cl)cc1)C1CCC(c2ccnc3ccc([18F])cc23)CC1.C[C@H](C(=O)Nc1ccc(Cl)cc1)C1CCC(c2ccnc3ccc([18F])cc23)CC1.C[C@H](C(=O)Nc1ccc(Cl)cc1)C1CCC(c2ccnc3ccc([18F])cc23)CC1. The zero-order chi connectivity index (χ0) is 81.5. The van der Waals surface area contributed by atoms with Gasteiger partial charge in [-0.3, -0.25) is 39.1 Å². The molecule has 4 aliphatic rings. The molecule has 0 saturated heterocycles. The number of benzene rings is 8. The summed E-state index contributed by atoms with van der Waals surface area (Å²) >= 11 is 23.6. The lowest BCUT2D eigenvalue weighted by molar-refractivity contribution is -0.122. The van der Waals surface area contributed by atoms with Crippen molar-refractivity contribution in [1.29, 1.82) is 0 Å². The summed E-state index contributed by atoms with van der Waals surface area (Å²) in [6, 6.07) is 55.9. The van der Waals surface area contributed by atoms with Crippen LogP contribution in [0, 0.1) is 70.6 Å². The van der Waals surface area contributed by atoms with Gasteiger partial charge in [0.15, 0.2) is 0 Å². The first-order chi connectivity index (χ1) is 56.0. The molecule has 0 aliphatic heterocycles. The van der Waals surface area contributed by atoms with Crippen molar-refractivity contribution in [3.8, 4) is 0 Å². The maximum Gasteiger partial charge on any atom is 0.227 e. The summed E-state index contributed by atoms with van der Waals surface area (Å²) in [4.78, 5) is 68.1. The maximum atomic E-state index is 13.8. The van der Waals surface area contributed by atoms with Gasteiger partial charge in [-0.1, -0.05) is 74.1 Å². The smallest absolute Gasteiger partial charge is 0.227 e. The number of amides is 4. The fraction of sp³-hybridized carbons (Fsp3) is 0.333. The van der Waals surface area contributed by atoms with Gasteiger partial charge in [-0.25, -0.2) is 17.6 Å². The van der Waals surface area contributed by atoms with Crippen LogP contribution in [0.3, 0.4) is 0 Å². The van der Waals surface area contributed by atoms with Crippen LogP contribution in [0.2, 0.25) is 20.1 Å². The molecule has 4 amide bonds. The van der Waals surface area contributed by atoms with E-state index in [1.165, 1.54) is 46.5 Å². The van der Waals surface area contributed by atoms with Crippen molar-refractivity contribution in [2.45, 2.75) is 154 Å². The van der Waals surface area contributed by atoms with Gasteiger partial charge in [0, 0.05) is 113 Å². The van der Waals surface area contributed by atoms with E-state index in [2.05, 4.69) is 41.2 Å². The molecule has 116 heavy (non-hydrogen) atoms. The summed E-state index contributed by atoms with van der Waals surface area (Å²) < 4.78 is 55.0. The molecular formula is C96H96Cl4F4N8O4. The Kier molecular flexibility index (Phi) is 28.6. The van der Waals surface area contributed by atoms with Crippen LogP contribution in [0.25, 0.3) is 43.6 Å². The highest BCUT2D eigenvalue weighted by atomic mass is 35.5. The standard InChI is InChI=1S/4C24H24ClFN2O/c4*1-15(24(29)28-20-9-6-18(25)7-10-20)16-2-4-17(5-3-16)21-12-13-27-23-11-8-19(26)14-22(21)23/h4*6-17H,2-5H2,1H3,(H,28,29)/t4*15-,16?,17?/m1100/s1/i4*26-1. The van der Waals surface area contributed by atoms with Gasteiger partial charge >= 0.3 is 0 Å². The van der Waals surface area contributed by atoms with E-state index in [-0.39, 0.29) is 70.6 Å². The minimum Gasteiger partial charge on any atom is -0.326 e. The van der Waals surface area contributed by atoms with Gasteiger partial charge in [0.25, 0.3) is 0 Å². The number of carbonyl (C=O) groups excluding carboxylic acids is 4. The van der Waals surface area contributed by atoms with Crippen molar-refractivity contribution in [1.82, 2.24) is 19.9 Å². The van der Waals surface area contributed by atoms with Crippen molar-refractivity contribution < 1.29 is 36.7 Å². The normalized spacial score (nSPS) is 20.4. The molecule has 4 N–H and O–H groups in total. The maximum absolute atomic E-state index is 13.8. The van der Waals surface area contributed by atoms with Crippen LogP contribution >= 0.6 is 46.4 Å². The molecule has 0 radical (unpaired) electrons. The molecule has 12 aromatic rings. The Balaban J connectivity index is 0.000000135. The van der Waals surface area contributed by atoms with Gasteiger partial charge in [-0.05, 0) is 366 Å². The molecule has 4 fully saturated rings. The molecule has 600 valence electrons. The third-order valence-corrected chi connectivity index (χ3v) is 25.7. The number of fused-ring (bicyclic) bond motifs is 4. The number of nitrogens with one attached hydrogen (secondary N) is 4. The fourth-order valence-corrected chi connectivity index (χ4v) is 18.2. The average Bonchev–Trinajstić information content (AvgIpc) is 0.807. The van der Waals surface area contributed by atoms with Crippen LogP contribution in [-0.4, -0.2) is 43.6 Å². The highest BCUT2D eigenvalue weighted by Gasteiger charge is 2.35. The van der Waals surface area contributed by atoms with Crippen LogP contribution in [-0.2, 0) is 19.2 Å². The van der Waals surface area contributed by atoms with Gasteiger partial charge in [-0.15, -0.1) is 0 Å². The average molecular weight is 1640 g/mol. The number of hydrogen-bond acceptors (Lipinski definition) is 8. The molecule has 12 nitrogen and oxygen atoms in total. The van der Waals surface area contributed by atoms with E-state index in [4.69, 9.17) is 46.4 Å². The van der Waals surface area contributed by atoms with E-state index in [9.17, 15) is 36.7 Å². The lowest BCUT2D eigenvalue weighted by Crippen LogP contribution is -2.29. The third-order valence-electron chi connectivity index (χ3n) is 24.7. The molecule has 20 heteroatoms. The number of nitrogens with zero attached hydrogens (tertiary/aromatic N) is 4. The Labute approximate surface area is 695 Å². The second-order valence-corrected chi connectivity index (χ2v) is 33.6. The number of carbonyl (C=O) groups is 4. The molecular weight excluding hydrogens is 1540 g/mol. The van der Waals surface area contributed by atoms with Crippen LogP contribution in [0.4, 0.5) is 40.3 Å². The van der Waals surface area contributed by atoms with Crippen LogP contribution in [0.15, 0.2) is 219 Å². The molecule has 16 rings (SSSR count). The first-order valence-corrected chi connectivity index (χ1v) is 42.0. The molecule has 4 saturated carbocycles. The van der Waals surface area contributed by atoms with E-state index in [1.54, 1.807) is 97.1 Å². The predicted molar refractivity (Wildman–Crippen MR) is 463 cm³/mol. The minimum absolute atomic E-state index is 0.0483. The lowest BCUT2D eigenvalue weighted by Gasteiger charge is -2.32. The van der Waals surface area contributed by atoms with E-state index in [0.717, 1.165) is 169 Å². The lowest BCUT2D eigenvalue weighted by atomic mass is 9.73. The summed E-state index contributed by atoms with van der Waals surface area (Å²) in [6.07, 6.45) is 23.1. The summed E-state index contributed by atoms with van der Waals surface area (Å²) in [5.74, 6) is 1.97. The first-order valence-electron chi connectivity index (χ1n) is 40.5. The van der Waals surface area contributed by atoms with Crippen molar-refractivity contribution >= 4 is 136 Å². The minimum atomic E-state index is -0.229. The number of anilines is 4. The van der Waals surface area contributed by atoms with E-state index in [0.29, 0.717) is 67.4 Å². The second kappa shape index (κ2) is 39.4. The van der Waals surface area contributed by atoms with Crippen molar-refractivity contribution in [2.75, 3.05) is 21.3 Å². The Morgan fingerprint density at radius 2 is 0.457 bits per heavy atom. The van der Waals surface area contributed by atoms with E-state index >= 15 is 0 Å². The summed E-state index contributed by atoms with van der Waals surface area (Å²) in [6.45, 7) is 8.03. The van der Waals surface area contributed by atoms with Gasteiger partial charge in [0.1, 0.15) is 23.3 Å². The zero-order valence-corrected chi connectivity index (χ0v) is 68.5. The van der Waals surface area contributed by atoms with Crippen molar-refractivity contribution in [2.24, 2.45) is 47.3 Å². The number of rotatable bonds is 16. The molecule has 4 atom stereocenters. The van der Waals surface area contributed by atoms with E-state index < -0.39 is 0 Å². The first kappa shape index (κ1) is 84.1. The molecule has 4 aromatic heterocycles. The third kappa shape index (κ3) is 21.7. The Morgan fingerprint density at radius 3 is 0.638 bits per heavy atom. The van der Waals surface area contributed by atoms with Crippen LogP contribution < -0.4 is 21.3 Å². The zero-order valence-electron chi connectivity index (χ0n) is 65.5. The quantitative estimate of drug-likeness (QED) is 0.0694. The van der Waals surface area contributed by atoms with Crippen molar-refractivity contribution in [3.63, 3.8) is 0 Å². The molecule has 4 aliphatic carbocycles. The molecule has 0 spiro atoms. The van der Waals surface area contributed by atoms with E-state index in [1.807, 2.05) is 125 Å². The highest BCUT2D eigenvalue weighted by Crippen LogP contribution is 2.46. The summed E-state index contributed by atoms with van der Waals surface area (Å²) in [5.41, 5.74) is 11.1. The summed E-state index contributed by atoms with van der Waals surface area (Å²) in [5, 5.41) is 18.2.